The summed E-state index contributed by atoms with van der Waals surface area (Å²) < 4.78 is 36.2. The van der Waals surface area contributed by atoms with Gasteiger partial charge in [-0.05, 0) is 25.1 Å². The molecule has 3 rings (SSSR count). The topological polar surface area (TPSA) is 52.3 Å². The Kier molecular flexibility index (Phi) is 4.37. The van der Waals surface area contributed by atoms with Gasteiger partial charge in [0.2, 0.25) is 0 Å². The lowest BCUT2D eigenvalue weighted by molar-refractivity contribution is 0.0463. The van der Waals surface area contributed by atoms with Crippen molar-refractivity contribution in [3.8, 4) is 11.3 Å². The summed E-state index contributed by atoms with van der Waals surface area (Å²) in [6, 6.07) is 12.2. The molecular weight excluding hydrogens is 316 g/mol. The van der Waals surface area contributed by atoms with Crippen LogP contribution in [-0.2, 0) is 11.3 Å². The van der Waals surface area contributed by atoms with Crippen LogP contribution in [0.15, 0.2) is 53.1 Å². The molecule has 4 nitrogen and oxygen atoms in total. The summed E-state index contributed by atoms with van der Waals surface area (Å²) in [5, 5.41) is 3.83. The SMILES string of the molecule is Cc1ccc(-c2cc(COC(=O)c3ccc(F)c(F)c3)no2)cc1. The summed E-state index contributed by atoms with van der Waals surface area (Å²) in [5.41, 5.74) is 2.32. The first-order valence-electron chi connectivity index (χ1n) is 7.18. The molecule has 122 valence electrons. The van der Waals surface area contributed by atoms with Crippen LogP contribution in [0.25, 0.3) is 11.3 Å². The van der Waals surface area contributed by atoms with Crippen LogP contribution < -0.4 is 0 Å². The maximum Gasteiger partial charge on any atom is 0.338 e. The molecule has 0 aliphatic heterocycles. The number of hydrogen-bond acceptors (Lipinski definition) is 4. The predicted octanol–water partition coefficient (Wildman–Crippen LogP) is 4.29. The van der Waals surface area contributed by atoms with E-state index in [1.54, 1.807) is 6.07 Å². The Hall–Kier alpha value is -3.02. The van der Waals surface area contributed by atoms with Crippen LogP contribution in [0.2, 0.25) is 0 Å². The third-order valence-corrected chi connectivity index (χ3v) is 3.40. The Balaban J connectivity index is 1.65. The Morgan fingerprint density at radius 2 is 1.83 bits per heavy atom. The maximum absolute atomic E-state index is 13.1. The van der Waals surface area contributed by atoms with Crippen molar-refractivity contribution in [1.29, 1.82) is 0 Å². The third-order valence-electron chi connectivity index (χ3n) is 3.40. The van der Waals surface area contributed by atoms with Gasteiger partial charge in [0.1, 0.15) is 12.3 Å². The average Bonchev–Trinajstić information content (AvgIpc) is 3.05. The van der Waals surface area contributed by atoms with Crippen LogP contribution in [0.1, 0.15) is 21.6 Å². The summed E-state index contributed by atoms with van der Waals surface area (Å²) in [5.74, 6) is -2.35. The molecule has 0 saturated carbocycles. The van der Waals surface area contributed by atoms with E-state index in [9.17, 15) is 13.6 Å². The number of esters is 1. The highest BCUT2D eigenvalue weighted by atomic mass is 19.2. The summed E-state index contributed by atoms with van der Waals surface area (Å²) in [6.45, 7) is 1.85. The number of nitrogens with zero attached hydrogens (tertiary/aromatic N) is 1. The molecule has 0 spiro atoms. The van der Waals surface area contributed by atoms with Gasteiger partial charge in [-0.1, -0.05) is 35.0 Å². The standard InChI is InChI=1S/C18H13F2NO3/c1-11-2-4-12(5-3-11)17-9-14(21-24-17)10-23-18(22)13-6-7-15(19)16(20)8-13/h2-9H,10H2,1H3. The monoisotopic (exact) mass is 329 g/mol. The van der Waals surface area contributed by atoms with E-state index in [4.69, 9.17) is 9.26 Å². The van der Waals surface area contributed by atoms with Gasteiger partial charge in [0, 0.05) is 11.6 Å². The number of benzene rings is 2. The molecule has 0 aliphatic carbocycles. The van der Waals surface area contributed by atoms with Crippen molar-refractivity contribution in [3.05, 3.63) is 77.0 Å². The zero-order chi connectivity index (χ0) is 17.1. The Labute approximate surface area is 136 Å². The molecule has 0 N–H and O–H groups in total. The zero-order valence-electron chi connectivity index (χ0n) is 12.8. The van der Waals surface area contributed by atoms with E-state index >= 15 is 0 Å². The lowest BCUT2D eigenvalue weighted by Gasteiger charge is -2.02. The van der Waals surface area contributed by atoms with E-state index in [2.05, 4.69) is 5.16 Å². The van der Waals surface area contributed by atoms with Crippen LogP contribution in [0.4, 0.5) is 8.78 Å². The number of aryl methyl sites for hydroxylation is 1. The molecular formula is C18H13F2NO3. The van der Waals surface area contributed by atoms with E-state index in [-0.39, 0.29) is 12.2 Å². The lowest BCUT2D eigenvalue weighted by atomic mass is 10.1. The van der Waals surface area contributed by atoms with Crippen LogP contribution in [0.3, 0.4) is 0 Å². The van der Waals surface area contributed by atoms with Gasteiger partial charge in [0.15, 0.2) is 17.4 Å². The van der Waals surface area contributed by atoms with E-state index < -0.39 is 17.6 Å². The molecule has 0 radical (unpaired) electrons. The molecule has 1 aromatic heterocycles. The Morgan fingerprint density at radius 3 is 2.54 bits per heavy atom. The summed E-state index contributed by atoms with van der Waals surface area (Å²) in [4.78, 5) is 11.8. The Bertz CT molecular complexity index is 872. The van der Waals surface area contributed by atoms with Crippen molar-refractivity contribution in [2.45, 2.75) is 13.5 Å². The number of aromatic nitrogens is 1. The number of ether oxygens (including phenoxy) is 1. The molecule has 0 fully saturated rings. The molecule has 1 heterocycles. The first-order chi connectivity index (χ1) is 11.5. The van der Waals surface area contributed by atoms with Crippen molar-refractivity contribution in [1.82, 2.24) is 5.16 Å². The third kappa shape index (κ3) is 3.48. The first kappa shape index (κ1) is 15.9. The van der Waals surface area contributed by atoms with Gasteiger partial charge in [0.05, 0.1) is 5.56 Å². The maximum atomic E-state index is 13.1. The summed E-state index contributed by atoms with van der Waals surface area (Å²) in [7, 11) is 0. The van der Waals surface area contributed by atoms with Gasteiger partial charge >= 0.3 is 5.97 Å². The average molecular weight is 329 g/mol. The zero-order valence-corrected chi connectivity index (χ0v) is 12.8. The first-order valence-corrected chi connectivity index (χ1v) is 7.18. The highest BCUT2D eigenvalue weighted by Crippen LogP contribution is 2.21. The molecule has 0 atom stereocenters. The molecule has 0 unspecified atom stereocenters. The fourth-order valence-electron chi connectivity index (χ4n) is 2.08. The predicted molar refractivity (Wildman–Crippen MR) is 82.2 cm³/mol. The van der Waals surface area contributed by atoms with Crippen LogP contribution in [0, 0.1) is 18.6 Å². The largest absolute Gasteiger partial charge is 0.455 e. The van der Waals surface area contributed by atoms with Gasteiger partial charge in [-0.3, -0.25) is 0 Å². The van der Waals surface area contributed by atoms with E-state index in [1.807, 2.05) is 31.2 Å². The number of carbonyl (C=O) groups excluding carboxylic acids is 1. The lowest BCUT2D eigenvalue weighted by Crippen LogP contribution is -2.06. The van der Waals surface area contributed by atoms with Crippen molar-refractivity contribution in [2.75, 3.05) is 0 Å². The second-order valence-electron chi connectivity index (χ2n) is 5.25. The minimum absolute atomic E-state index is 0.0730. The van der Waals surface area contributed by atoms with Gasteiger partial charge in [-0.15, -0.1) is 0 Å². The quantitative estimate of drug-likeness (QED) is 0.670. The fourth-order valence-corrected chi connectivity index (χ4v) is 2.08. The summed E-state index contributed by atoms with van der Waals surface area (Å²) >= 11 is 0. The van der Waals surface area contributed by atoms with Crippen LogP contribution in [-0.4, -0.2) is 11.1 Å². The normalized spacial score (nSPS) is 10.6. The fraction of sp³-hybridized carbons (Fsp3) is 0.111. The van der Waals surface area contributed by atoms with Gasteiger partial charge in [-0.2, -0.15) is 0 Å². The van der Waals surface area contributed by atoms with Gasteiger partial charge < -0.3 is 9.26 Å². The second-order valence-corrected chi connectivity index (χ2v) is 5.25. The van der Waals surface area contributed by atoms with E-state index in [0.717, 1.165) is 29.3 Å². The molecule has 2 aromatic carbocycles. The van der Waals surface area contributed by atoms with Crippen molar-refractivity contribution >= 4 is 5.97 Å². The smallest absolute Gasteiger partial charge is 0.338 e. The molecule has 24 heavy (non-hydrogen) atoms. The van der Waals surface area contributed by atoms with Gasteiger partial charge in [-0.25, -0.2) is 13.6 Å². The second kappa shape index (κ2) is 6.62. The molecule has 0 aliphatic rings. The van der Waals surface area contributed by atoms with E-state index in [1.165, 1.54) is 0 Å². The number of hydrogen-bond donors (Lipinski definition) is 0. The minimum atomic E-state index is -1.10. The molecule has 0 bridgehead atoms. The van der Waals surface area contributed by atoms with E-state index in [0.29, 0.717) is 11.5 Å². The molecule has 0 saturated heterocycles. The highest BCUT2D eigenvalue weighted by molar-refractivity contribution is 5.89. The number of rotatable bonds is 4. The molecule has 6 heteroatoms. The number of carbonyl (C=O) groups is 1. The van der Waals surface area contributed by atoms with Gasteiger partial charge in [0.25, 0.3) is 0 Å². The van der Waals surface area contributed by atoms with Crippen LogP contribution in [0.5, 0.6) is 0 Å². The number of halogens is 2. The van der Waals surface area contributed by atoms with Crippen molar-refractivity contribution in [2.24, 2.45) is 0 Å². The minimum Gasteiger partial charge on any atom is -0.455 e. The Morgan fingerprint density at radius 1 is 1.08 bits per heavy atom. The van der Waals surface area contributed by atoms with Crippen molar-refractivity contribution < 1.29 is 22.8 Å². The molecule has 0 amide bonds. The molecule has 3 aromatic rings. The van der Waals surface area contributed by atoms with Crippen molar-refractivity contribution in [3.63, 3.8) is 0 Å². The van der Waals surface area contributed by atoms with Crippen LogP contribution >= 0.6 is 0 Å². The summed E-state index contributed by atoms with van der Waals surface area (Å²) in [6.07, 6.45) is 0. The highest BCUT2D eigenvalue weighted by Gasteiger charge is 2.13.